The first-order chi connectivity index (χ1) is 10.0. The van der Waals surface area contributed by atoms with Crippen molar-refractivity contribution in [1.29, 1.82) is 0 Å². The van der Waals surface area contributed by atoms with Crippen LogP contribution >= 0.6 is 0 Å². The summed E-state index contributed by atoms with van der Waals surface area (Å²) in [6, 6.07) is 0. The minimum atomic E-state index is -3.66. The summed E-state index contributed by atoms with van der Waals surface area (Å²) in [7, 11) is -2.20. The van der Waals surface area contributed by atoms with Crippen molar-refractivity contribution in [3.63, 3.8) is 0 Å². The lowest BCUT2D eigenvalue weighted by Gasteiger charge is -2.15. The molecule has 0 saturated heterocycles. The fraction of sp³-hybridized carbons (Fsp3) is 0.455. The molecule has 10 heteroatoms. The molecule has 2 heterocycles. The Hall–Kier alpha value is -2.07. The van der Waals surface area contributed by atoms with Crippen molar-refractivity contribution in [2.24, 2.45) is 0 Å². The summed E-state index contributed by atoms with van der Waals surface area (Å²) in [5, 5.41) is 9.28. The van der Waals surface area contributed by atoms with Crippen molar-refractivity contribution in [3.05, 3.63) is 24.5 Å². The quantitative estimate of drug-likeness (QED) is 0.752. The molecule has 2 rings (SSSR count). The molecular formula is C11H17N7O2S. The number of hydrogen-bond donors (Lipinski definition) is 2. The van der Waals surface area contributed by atoms with E-state index in [1.54, 1.807) is 0 Å². The molecule has 2 N–H and O–H groups in total. The third-order valence-electron chi connectivity index (χ3n) is 2.71. The van der Waals surface area contributed by atoms with E-state index in [0.717, 1.165) is 17.3 Å². The zero-order valence-electron chi connectivity index (χ0n) is 11.8. The summed E-state index contributed by atoms with van der Waals surface area (Å²) in [6.07, 6.45) is 4.84. The van der Waals surface area contributed by atoms with E-state index in [0.29, 0.717) is 11.8 Å². The van der Waals surface area contributed by atoms with Crippen molar-refractivity contribution >= 4 is 16.0 Å². The zero-order valence-corrected chi connectivity index (χ0v) is 12.6. The van der Waals surface area contributed by atoms with Crippen LogP contribution in [0.4, 0.5) is 5.95 Å². The number of hydrogen-bond acceptors (Lipinski definition) is 7. The Kier molecular flexibility index (Phi) is 4.81. The molecule has 0 amide bonds. The predicted molar refractivity (Wildman–Crippen MR) is 75.8 cm³/mol. The summed E-state index contributed by atoms with van der Waals surface area (Å²) < 4.78 is 25.9. The fourth-order valence-electron chi connectivity index (χ4n) is 1.56. The molecule has 0 aliphatic heterocycles. The summed E-state index contributed by atoms with van der Waals surface area (Å²) in [5.74, 6) is 0.872. The van der Waals surface area contributed by atoms with Crippen LogP contribution in [0.5, 0.6) is 0 Å². The normalized spacial score (nSPS) is 11.8. The average Bonchev–Trinajstić information content (AvgIpc) is 2.98. The van der Waals surface area contributed by atoms with Crippen molar-refractivity contribution in [1.82, 2.24) is 29.5 Å². The van der Waals surface area contributed by atoms with Crippen LogP contribution < -0.4 is 5.32 Å². The maximum Gasteiger partial charge on any atom is 0.246 e. The molecule has 21 heavy (non-hydrogen) atoms. The van der Waals surface area contributed by atoms with Gasteiger partial charge in [0.25, 0.3) is 0 Å². The van der Waals surface area contributed by atoms with Crippen LogP contribution in [0.2, 0.25) is 0 Å². The molecule has 0 saturated carbocycles. The van der Waals surface area contributed by atoms with Gasteiger partial charge in [0.2, 0.25) is 16.0 Å². The van der Waals surface area contributed by atoms with E-state index < -0.39 is 10.0 Å². The summed E-state index contributed by atoms with van der Waals surface area (Å²) in [6.45, 7) is 2.85. The lowest BCUT2D eigenvalue weighted by atomic mass is 10.5. The Bertz CT molecular complexity index is 654. The minimum absolute atomic E-state index is 0.0339. The third kappa shape index (κ3) is 3.73. The minimum Gasteiger partial charge on any atom is -0.354 e. The molecule has 2 aromatic heterocycles. The number of H-pyrrole nitrogens is 1. The summed E-state index contributed by atoms with van der Waals surface area (Å²) >= 11 is 0. The van der Waals surface area contributed by atoms with Gasteiger partial charge in [-0.05, 0) is 6.42 Å². The van der Waals surface area contributed by atoms with Gasteiger partial charge in [0.15, 0.2) is 0 Å². The van der Waals surface area contributed by atoms with Crippen LogP contribution in [0.3, 0.4) is 0 Å². The maximum absolute atomic E-state index is 12.3. The molecule has 2 aromatic rings. The molecule has 0 atom stereocenters. The fourth-order valence-corrected chi connectivity index (χ4v) is 2.58. The van der Waals surface area contributed by atoms with Crippen LogP contribution in [0, 0.1) is 0 Å². The number of nitrogens with zero attached hydrogens (tertiary/aromatic N) is 5. The zero-order chi connectivity index (χ0) is 15.3. The third-order valence-corrected chi connectivity index (χ3v) is 4.46. The van der Waals surface area contributed by atoms with Gasteiger partial charge in [0, 0.05) is 13.6 Å². The van der Waals surface area contributed by atoms with Gasteiger partial charge >= 0.3 is 0 Å². The van der Waals surface area contributed by atoms with Crippen molar-refractivity contribution in [3.8, 4) is 0 Å². The molecule has 0 spiro atoms. The first-order valence-corrected chi connectivity index (χ1v) is 7.84. The van der Waals surface area contributed by atoms with Crippen molar-refractivity contribution in [2.75, 3.05) is 18.9 Å². The molecule has 9 nitrogen and oxygen atoms in total. The SMILES string of the molecule is CCCNc1ncc(S(=O)(=O)N(C)Cc2ncn[nH]2)cn1. The van der Waals surface area contributed by atoms with Crippen LogP contribution in [0.15, 0.2) is 23.6 Å². The molecule has 0 bridgehead atoms. The number of nitrogens with one attached hydrogen (secondary N) is 2. The highest BCUT2D eigenvalue weighted by Crippen LogP contribution is 2.14. The predicted octanol–water partition coefficient (Wildman–Crippen LogP) is 0.237. The highest BCUT2D eigenvalue weighted by Gasteiger charge is 2.22. The maximum atomic E-state index is 12.3. The smallest absolute Gasteiger partial charge is 0.246 e. The Morgan fingerprint density at radius 1 is 1.29 bits per heavy atom. The van der Waals surface area contributed by atoms with Crippen LogP contribution in [0.1, 0.15) is 19.2 Å². The molecular weight excluding hydrogens is 294 g/mol. The average molecular weight is 311 g/mol. The Labute approximate surface area is 122 Å². The van der Waals surface area contributed by atoms with E-state index in [9.17, 15) is 8.42 Å². The molecule has 114 valence electrons. The van der Waals surface area contributed by atoms with Crippen LogP contribution in [-0.4, -0.2) is 51.5 Å². The van der Waals surface area contributed by atoms with E-state index >= 15 is 0 Å². The van der Waals surface area contributed by atoms with E-state index in [4.69, 9.17) is 0 Å². The Morgan fingerprint density at radius 3 is 2.57 bits per heavy atom. The van der Waals surface area contributed by atoms with Crippen LogP contribution in [-0.2, 0) is 16.6 Å². The number of aromatic amines is 1. The van der Waals surface area contributed by atoms with Crippen molar-refractivity contribution < 1.29 is 8.42 Å². The van der Waals surface area contributed by atoms with E-state index in [2.05, 4.69) is 30.5 Å². The van der Waals surface area contributed by atoms with Gasteiger partial charge in [0.05, 0.1) is 18.9 Å². The summed E-state index contributed by atoms with van der Waals surface area (Å²) in [4.78, 5) is 11.9. The largest absolute Gasteiger partial charge is 0.354 e. The van der Waals surface area contributed by atoms with Gasteiger partial charge in [-0.1, -0.05) is 6.92 Å². The van der Waals surface area contributed by atoms with E-state index in [1.165, 1.54) is 25.8 Å². The highest BCUT2D eigenvalue weighted by molar-refractivity contribution is 7.89. The second kappa shape index (κ2) is 6.59. The first kappa shape index (κ1) is 15.3. The van der Waals surface area contributed by atoms with Gasteiger partial charge in [-0.3, -0.25) is 5.10 Å². The molecule has 0 aromatic carbocycles. The monoisotopic (exact) mass is 311 g/mol. The number of rotatable bonds is 7. The van der Waals surface area contributed by atoms with Gasteiger partial charge < -0.3 is 5.32 Å². The second-order valence-corrected chi connectivity index (χ2v) is 6.41. The van der Waals surface area contributed by atoms with Gasteiger partial charge in [-0.15, -0.1) is 0 Å². The van der Waals surface area contributed by atoms with Crippen molar-refractivity contribution in [2.45, 2.75) is 24.8 Å². The second-order valence-electron chi connectivity index (χ2n) is 4.36. The van der Waals surface area contributed by atoms with Gasteiger partial charge in [0.1, 0.15) is 17.0 Å². The standard InChI is InChI=1S/C11H17N7O2S/c1-3-4-12-11-13-5-9(6-14-11)21(19,20)18(2)7-10-15-8-16-17-10/h5-6,8H,3-4,7H2,1-2H3,(H,12,13,14)(H,15,16,17). The highest BCUT2D eigenvalue weighted by atomic mass is 32.2. The number of aromatic nitrogens is 5. The molecule has 0 fully saturated rings. The molecule has 0 aliphatic carbocycles. The van der Waals surface area contributed by atoms with Gasteiger partial charge in [-0.25, -0.2) is 23.4 Å². The number of sulfonamides is 1. The van der Waals surface area contributed by atoms with Gasteiger partial charge in [-0.2, -0.15) is 9.40 Å². The molecule has 0 radical (unpaired) electrons. The Morgan fingerprint density at radius 2 is 2.00 bits per heavy atom. The lowest BCUT2D eigenvalue weighted by Crippen LogP contribution is -2.27. The first-order valence-electron chi connectivity index (χ1n) is 6.40. The summed E-state index contributed by atoms with van der Waals surface area (Å²) in [5.41, 5.74) is 0. The van der Waals surface area contributed by atoms with Crippen LogP contribution in [0.25, 0.3) is 0 Å². The van der Waals surface area contributed by atoms with E-state index in [1.807, 2.05) is 6.92 Å². The molecule has 0 unspecified atom stereocenters. The lowest BCUT2D eigenvalue weighted by molar-refractivity contribution is 0.456. The number of anilines is 1. The van der Waals surface area contributed by atoms with E-state index in [-0.39, 0.29) is 11.4 Å². The molecule has 0 aliphatic rings. The topological polar surface area (TPSA) is 117 Å². The Balaban J connectivity index is 2.11.